The number of hydrogen-bond acceptors (Lipinski definition) is 6. The molecule has 0 bridgehead atoms. The lowest BCUT2D eigenvalue weighted by molar-refractivity contribution is -0.128. The highest BCUT2D eigenvalue weighted by Crippen LogP contribution is 2.44. The summed E-state index contributed by atoms with van der Waals surface area (Å²) in [5, 5.41) is 7.22. The van der Waals surface area contributed by atoms with Gasteiger partial charge in [-0.3, -0.25) is 9.36 Å². The second kappa shape index (κ2) is 9.15. The van der Waals surface area contributed by atoms with E-state index in [1.807, 2.05) is 11.5 Å². The fourth-order valence-electron chi connectivity index (χ4n) is 4.86. The van der Waals surface area contributed by atoms with Crippen LogP contribution in [0.2, 0.25) is 15.1 Å². The maximum absolute atomic E-state index is 13.3. The van der Waals surface area contributed by atoms with Crippen LogP contribution in [0.25, 0.3) is 11.2 Å². The molecule has 3 aromatic rings. The van der Waals surface area contributed by atoms with E-state index in [0.29, 0.717) is 63.6 Å². The number of halogens is 5. The van der Waals surface area contributed by atoms with E-state index < -0.39 is 17.4 Å². The monoisotopic (exact) mass is 557 g/mol. The molecule has 4 N–H and O–H groups in total. The third-order valence-electron chi connectivity index (χ3n) is 7.12. The first-order valence-electron chi connectivity index (χ1n) is 11.5. The van der Waals surface area contributed by atoms with Crippen molar-refractivity contribution in [2.75, 3.05) is 10.6 Å². The Morgan fingerprint density at radius 3 is 2.36 bits per heavy atom. The molecule has 2 fully saturated rings. The van der Waals surface area contributed by atoms with Crippen LogP contribution >= 0.6 is 34.8 Å². The van der Waals surface area contributed by atoms with Crippen LogP contribution in [0.15, 0.2) is 18.3 Å². The Bertz CT molecular complexity index is 1310. The van der Waals surface area contributed by atoms with E-state index in [1.165, 1.54) is 0 Å². The molecule has 2 heterocycles. The molecule has 0 atom stereocenters. The van der Waals surface area contributed by atoms with E-state index in [1.54, 1.807) is 18.3 Å². The molecule has 8 nitrogen and oxygen atoms in total. The van der Waals surface area contributed by atoms with Crippen LogP contribution in [0, 0.1) is 5.41 Å². The van der Waals surface area contributed by atoms with Gasteiger partial charge in [0.25, 0.3) is 5.92 Å². The number of aromatic nitrogens is 4. The van der Waals surface area contributed by atoms with Gasteiger partial charge in [0.2, 0.25) is 17.8 Å². The van der Waals surface area contributed by atoms with Crippen LogP contribution < -0.4 is 16.4 Å². The summed E-state index contributed by atoms with van der Waals surface area (Å²) in [5.41, 5.74) is 6.52. The second-order valence-corrected chi connectivity index (χ2v) is 11.1. The summed E-state index contributed by atoms with van der Waals surface area (Å²) in [5.74, 6) is -2.30. The Balaban J connectivity index is 1.52. The minimum Gasteiger partial charge on any atom is -0.369 e. The van der Waals surface area contributed by atoms with E-state index in [4.69, 9.17) is 40.5 Å². The smallest absolute Gasteiger partial charge is 0.252 e. The number of alkyl halides is 2. The average Bonchev–Trinajstić information content (AvgIpc) is 3.13. The Hall–Kier alpha value is -2.43. The Morgan fingerprint density at radius 1 is 1.14 bits per heavy atom. The maximum Gasteiger partial charge on any atom is 0.252 e. The number of hydrogen-bond donors (Lipinski definition) is 3. The van der Waals surface area contributed by atoms with Gasteiger partial charge in [0.15, 0.2) is 5.65 Å². The molecule has 192 valence electrons. The van der Waals surface area contributed by atoms with Crippen molar-refractivity contribution in [3.63, 3.8) is 0 Å². The standard InChI is InChI=1S/C23H24Cl3F2N7O/c1-22(19(29)36)4-2-13(3-5-22)35-18-16(10-30-20(34-18)31-12-8-23(27,28)9-12)32-21(35)33-17-14(25)6-11(24)7-15(17)26/h6-7,10,12-13H,2-5,8-9H2,1H3,(H2,29,36)(H,32,33)(H,30,31,34)/t13-,22+. The zero-order valence-electron chi connectivity index (χ0n) is 19.3. The van der Waals surface area contributed by atoms with Crippen LogP contribution in [0.4, 0.5) is 26.4 Å². The Kier molecular flexibility index (Phi) is 6.41. The first kappa shape index (κ1) is 25.2. The van der Waals surface area contributed by atoms with Crippen molar-refractivity contribution in [3.05, 3.63) is 33.4 Å². The molecule has 1 aromatic carbocycles. The lowest BCUT2D eigenvalue weighted by atomic mass is 9.73. The molecule has 2 saturated carbocycles. The molecule has 5 rings (SSSR count). The van der Waals surface area contributed by atoms with Crippen molar-refractivity contribution >= 4 is 69.5 Å². The molecular formula is C23H24Cl3F2N7O. The highest BCUT2D eigenvalue weighted by molar-refractivity contribution is 6.41. The summed E-state index contributed by atoms with van der Waals surface area (Å²) in [6, 6.07) is 2.67. The van der Waals surface area contributed by atoms with Gasteiger partial charge in [0, 0.05) is 35.4 Å². The number of nitrogens with zero attached hydrogens (tertiary/aromatic N) is 4. The van der Waals surface area contributed by atoms with Gasteiger partial charge in [0.1, 0.15) is 5.52 Å². The third-order valence-corrected chi connectivity index (χ3v) is 7.93. The number of rotatable bonds is 6. The molecular weight excluding hydrogens is 535 g/mol. The summed E-state index contributed by atoms with van der Waals surface area (Å²) in [7, 11) is 0. The first-order chi connectivity index (χ1) is 16.9. The molecule has 0 radical (unpaired) electrons. The molecule has 0 saturated heterocycles. The molecule has 2 aliphatic carbocycles. The van der Waals surface area contributed by atoms with E-state index in [-0.39, 0.29) is 30.7 Å². The highest BCUT2D eigenvalue weighted by atomic mass is 35.5. The number of carbonyl (C=O) groups is 1. The number of nitrogens with one attached hydrogen (secondary N) is 2. The largest absolute Gasteiger partial charge is 0.369 e. The lowest BCUT2D eigenvalue weighted by Crippen LogP contribution is -2.44. The number of benzene rings is 1. The topological polar surface area (TPSA) is 111 Å². The quantitative estimate of drug-likeness (QED) is 0.325. The zero-order valence-corrected chi connectivity index (χ0v) is 21.6. The average molecular weight is 559 g/mol. The van der Waals surface area contributed by atoms with Crippen LogP contribution in [0.3, 0.4) is 0 Å². The van der Waals surface area contributed by atoms with Crippen LogP contribution in [-0.4, -0.2) is 37.4 Å². The van der Waals surface area contributed by atoms with Crippen molar-refractivity contribution in [2.45, 2.75) is 63.5 Å². The fourth-order valence-corrected chi connectivity index (χ4v) is 5.77. The second-order valence-electron chi connectivity index (χ2n) is 9.84. The minimum atomic E-state index is -2.66. The number of anilines is 3. The number of carbonyl (C=O) groups excluding carboxylic acids is 1. The first-order valence-corrected chi connectivity index (χ1v) is 12.7. The number of amides is 1. The van der Waals surface area contributed by atoms with Gasteiger partial charge in [-0.1, -0.05) is 41.7 Å². The molecule has 0 spiro atoms. The SMILES string of the molecule is C[C@]1(C(N)=O)CC[C@@H](n2c(Nc3c(Cl)cc(Cl)cc3Cl)nc3cnc(NC4CC(F)(F)C4)nc32)CC1. The summed E-state index contributed by atoms with van der Waals surface area (Å²) in [6.45, 7) is 1.88. The number of nitrogens with two attached hydrogens (primary N) is 1. The molecule has 1 amide bonds. The van der Waals surface area contributed by atoms with E-state index in [2.05, 4.69) is 25.6 Å². The fraction of sp³-hybridized carbons (Fsp3) is 0.478. The summed E-state index contributed by atoms with van der Waals surface area (Å²) >= 11 is 18.9. The van der Waals surface area contributed by atoms with Gasteiger partial charge >= 0.3 is 0 Å². The van der Waals surface area contributed by atoms with Crippen molar-refractivity contribution in [1.29, 1.82) is 0 Å². The van der Waals surface area contributed by atoms with E-state index in [0.717, 1.165) is 0 Å². The number of imidazole rings is 1. The summed E-state index contributed by atoms with van der Waals surface area (Å²) in [4.78, 5) is 25.6. The van der Waals surface area contributed by atoms with Gasteiger partial charge in [-0.25, -0.2) is 18.7 Å². The molecule has 0 unspecified atom stereocenters. The van der Waals surface area contributed by atoms with Crippen molar-refractivity contribution < 1.29 is 13.6 Å². The number of primary amides is 1. The Morgan fingerprint density at radius 2 is 1.78 bits per heavy atom. The highest BCUT2D eigenvalue weighted by Gasteiger charge is 2.45. The normalized spacial score (nSPS) is 23.9. The molecule has 2 aliphatic rings. The van der Waals surface area contributed by atoms with Crippen LogP contribution in [0.1, 0.15) is 51.5 Å². The number of fused-ring (bicyclic) bond motifs is 1. The predicted octanol–water partition coefficient (Wildman–Crippen LogP) is 6.35. The maximum atomic E-state index is 13.3. The van der Waals surface area contributed by atoms with E-state index in [9.17, 15) is 13.6 Å². The summed E-state index contributed by atoms with van der Waals surface area (Å²) < 4.78 is 28.5. The van der Waals surface area contributed by atoms with E-state index >= 15 is 0 Å². The molecule has 2 aromatic heterocycles. The van der Waals surface area contributed by atoms with Crippen molar-refractivity contribution in [3.8, 4) is 0 Å². The predicted molar refractivity (Wildman–Crippen MR) is 136 cm³/mol. The van der Waals surface area contributed by atoms with Crippen LogP contribution in [-0.2, 0) is 4.79 Å². The minimum absolute atomic E-state index is 0.0643. The summed E-state index contributed by atoms with van der Waals surface area (Å²) in [6.07, 6.45) is 3.53. The van der Waals surface area contributed by atoms with Gasteiger partial charge < -0.3 is 16.4 Å². The van der Waals surface area contributed by atoms with Crippen LogP contribution in [0.5, 0.6) is 0 Å². The lowest BCUT2D eigenvalue weighted by Gasteiger charge is -2.36. The van der Waals surface area contributed by atoms with Crippen molar-refractivity contribution in [2.24, 2.45) is 11.1 Å². The van der Waals surface area contributed by atoms with Gasteiger partial charge in [0.05, 0.1) is 21.9 Å². The molecule has 0 aliphatic heterocycles. The zero-order chi connectivity index (χ0) is 25.8. The molecule has 36 heavy (non-hydrogen) atoms. The molecule has 13 heteroatoms. The Labute approximate surface area is 220 Å². The van der Waals surface area contributed by atoms with Gasteiger partial charge in [-0.05, 0) is 37.8 Å². The van der Waals surface area contributed by atoms with Gasteiger partial charge in [-0.15, -0.1) is 0 Å². The van der Waals surface area contributed by atoms with Gasteiger partial charge in [-0.2, -0.15) is 4.98 Å². The third kappa shape index (κ3) is 4.78. The van der Waals surface area contributed by atoms with Crippen molar-refractivity contribution in [1.82, 2.24) is 19.5 Å².